The number of anilines is 1. The van der Waals surface area contributed by atoms with Crippen LogP contribution in [-0.4, -0.2) is 78.9 Å². The van der Waals surface area contributed by atoms with Crippen molar-refractivity contribution in [3.05, 3.63) is 53.3 Å². The standard InChI is InChI=1S/C38H51ClN8O5S/c1-35(2,3)51-34(49)46-24-25(23-36(46,4)5)9-8-20-40-28-10-7-11-30(41-28)52-53-45(6)44-33(48)26-12-13-29(42-32(26)39)47-21-14-31(43-47)50-22-15-27-37(16-17-37)38(27)18-19-38/h7,10-14,21,25,27H,8-9,15-20,22-24H2,1-6H3,(H,40,41)(H,44,48). The molecule has 1 atom stereocenters. The lowest BCUT2D eigenvalue weighted by Gasteiger charge is -2.33. The fraction of sp³-hybridized carbons (Fsp3) is 0.605. The number of carbonyl (C=O) groups excluding carboxylic acids is 2. The first-order valence-electron chi connectivity index (χ1n) is 18.6. The van der Waals surface area contributed by atoms with E-state index in [2.05, 4.69) is 39.7 Å². The maximum atomic E-state index is 13.0. The van der Waals surface area contributed by atoms with Crippen molar-refractivity contribution >= 4 is 41.6 Å². The Hall–Kier alpha value is -3.75. The average molecular weight is 767 g/mol. The SMILES string of the molecule is CN(NC(=O)c1ccc(-n2ccc(OCCC3C4(CC4)C34CC4)n2)nc1Cl)SOc1cccc(NCCCC2CN(C(=O)OC(C)(C)C)C(C)(C)C2)n1. The van der Waals surface area contributed by atoms with E-state index in [-0.39, 0.29) is 22.3 Å². The Kier molecular flexibility index (Phi) is 10.3. The fourth-order valence-electron chi connectivity index (χ4n) is 8.57. The zero-order valence-electron chi connectivity index (χ0n) is 31.5. The highest BCUT2D eigenvalue weighted by atomic mass is 35.5. The molecule has 4 fully saturated rings. The van der Waals surface area contributed by atoms with Gasteiger partial charge in [-0.2, -0.15) is 4.98 Å². The van der Waals surface area contributed by atoms with Crippen LogP contribution in [0.2, 0.25) is 5.15 Å². The lowest BCUT2D eigenvalue weighted by atomic mass is 9.93. The van der Waals surface area contributed by atoms with Gasteiger partial charge < -0.3 is 23.9 Å². The van der Waals surface area contributed by atoms with Crippen molar-refractivity contribution in [3.8, 4) is 17.6 Å². The van der Waals surface area contributed by atoms with E-state index in [1.54, 1.807) is 36.1 Å². The monoisotopic (exact) mass is 766 g/mol. The molecule has 286 valence electrons. The molecule has 15 heteroatoms. The summed E-state index contributed by atoms with van der Waals surface area (Å²) in [6.45, 7) is 12.0. The molecular formula is C38H51ClN8O5S. The van der Waals surface area contributed by atoms with Crippen LogP contribution in [-0.2, 0) is 4.74 Å². The Morgan fingerprint density at radius 1 is 1.04 bits per heavy atom. The summed E-state index contributed by atoms with van der Waals surface area (Å²) in [6, 6.07) is 10.6. The molecule has 3 aromatic rings. The van der Waals surface area contributed by atoms with E-state index < -0.39 is 11.5 Å². The molecule has 2 spiro atoms. The lowest BCUT2D eigenvalue weighted by molar-refractivity contribution is 0.0130. The Balaban J connectivity index is 0.814. The summed E-state index contributed by atoms with van der Waals surface area (Å²) in [5.41, 5.74) is 3.54. The second kappa shape index (κ2) is 14.5. The maximum absolute atomic E-state index is 13.0. The van der Waals surface area contributed by atoms with Crippen LogP contribution < -0.4 is 19.7 Å². The molecule has 4 aliphatic rings. The molecule has 1 unspecified atom stereocenters. The van der Waals surface area contributed by atoms with Gasteiger partial charge in [-0.05, 0) is 127 Å². The van der Waals surface area contributed by atoms with Crippen LogP contribution in [0.1, 0.15) is 96.3 Å². The summed E-state index contributed by atoms with van der Waals surface area (Å²) in [5, 5.41) is 7.91. The fourth-order valence-corrected chi connectivity index (χ4v) is 9.21. The third kappa shape index (κ3) is 8.34. The van der Waals surface area contributed by atoms with Crippen molar-refractivity contribution in [1.29, 1.82) is 0 Å². The van der Waals surface area contributed by atoms with Gasteiger partial charge in [0.1, 0.15) is 16.6 Å². The van der Waals surface area contributed by atoms with Crippen molar-refractivity contribution in [3.63, 3.8) is 0 Å². The van der Waals surface area contributed by atoms with Crippen LogP contribution >= 0.6 is 23.8 Å². The smallest absolute Gasteiger partial charge is 0.410 e. The quantitative estimate of drug-likeness (QED) is 0.0518. The number of rotatable bonds is 15. The van der Waals surface area contributed by atoms with E-state index in [9.17, 15) is 9.59 Å². The molecule has 0 bridgehead atoms. The van der Waals surface area contributed by atoms with Gasteiger partial charge >= 0.3 is 6.09 Å². The molecule has 3 saturated carbocycles. The lowest BCUT2D eigenvalue weighted by Crippen LogP contribution is -2.45. The van der Waals surface area contributed by atoms with Gasteiger partial charge in [0.2, 0.25) is 11.8 Å². The Morgan fingerprint density at radius 2 is 1.79 bits per heavy atom. The topological polar surface area (TPSA) is 136 Å². The number of nitrogens with one attached hydrogen (secondary N) is 2. The molecule has 2 amide bonds. The maximum Gasteiger partial charge on any atom is 0.410 e. The summed E-state index contributed by atoms with van der Waals surface area (Å²) in [5.74, 6) is 2.89. The largest absolute Gasteiger partial charge is 0.477 e. The molecule has 1 aliphatic heterocycles. The second-order valence-electron chi connectivity index (χ2n) is 16.6. The first-order valence-corrected chi connectivity index (χ1v) is 19.7. The van der Waals surface area contributed by atoms with E-state index in [0.29, 0.717) is 53.3 Å². The van der Waals surface area contributed by atoms with Crippen molar-refractivity contribution < 1.29 is 23.2 Å². The highest BCUT2D eigenvalue weighted by molar-refractivity contribution is 7.92. The van der Waals surface area contributed by atoms with Crippen LogP contribution in [0.25, 0.3) is 5.82 Å². The number of fused-ring (bicyclic) bond motifs is 1. The van der Waals surface area contributed by atoms with Gasteiger partial charge in [0.15, 0.2) is 18.0 Å². The predicted molar refractivity (Wildman–Crippen MR) is 204 cm³/mol. The molecule has 2 N–H and O–H groups in total. The first-order chi connectivity index (χ1) is 25.2. The van der Waals surface area contributed by atoms with Crippen LogP contribution in [0, 0.1) is 22.7 Å². The third-order valence-electron chi connectivity index (χ3n) is 11.2. The van der Waals surface area contributed by atoms with Crippen molar-refractivity contribution in [2.24, 2.45) is 22.7 Å². The first kappa shape index (κ1) is 37.6. The number of likely N-dealkylation sites (tertiary alicyclic amines) is 1. The highest BCUT2D eigenvalue weighted by Gasteiger charge is 2.85. The van der Waals surface area contributed by atoms with E-state index in [0.717, 1.165) is 50.4 Å². The number of pyridine rings is 2. The van der Waals surface area contributed by atoms with Gasteiger partial charge in [-0.25, -0.2) is 14.5 Å². The highest BCUT2D eigenvalue weighted by Crippen LogP contribution is 2.93. The Labute approximate surface area is 321 Å². The number of carbonyl (C=O) groups is 2. The molecule has 4 heterocycles. The number of amides is 2. The van der Waals surface area contributed by atoms with E-state index in [4.69, 9.17) is 25.3 Å². The van der Waals surface area contributed by atoms with Gasteiger partial charge in [-0.1, -0.05) is 17.7 Å². The summed E-state index contributed by atoms with van der Waals surface area (Å²) in [4.78, 5) is 36.6. The van der Waals surface area contributed by atoms with Crippen LogP contribution in [0.3, 0.4) is 0 Å². The molecule has 3 aromatic heterocycles. The zero-order chi connectivity index (χ0) is 37.6. The van der Waals surface area contributed by atoms with E-state index in [1.807, 2.05) is 43.9 Å². The normalized spacial score (nSPS) is 20.5. The predicted octanol–water partition coefficient (Wildman–Crippen LogP) is 7.72. The number of hydrogen-bond acceptors (Lipinski definition) is 11. The Bertz CT molecular complexity index is 1810. The number of hydrogen-bond donors (Lipinski definition) is 2. The minimum atomic E-state index is -0.516. The average Bonchev–Trinajstić information content (AvgIpc) is 4.04. The Morgan fingerprint density at radius 3 is 2.49 bits per heavy atom. The summed E-state index contributed by atoms with van der Waals surface area (Å²) >= 11 is 7.36. The second-order valence-corrected chi connectivity index (χ2v) is 17.8. The molecule has 1 saturated heterocycles. The van der Waals surface area contributed by atoms with Crippen molar-refractivity contribution in [1.82, 2.24) is 34.5 Å². The molecule has 13 nitrogen and oxygen atoms in total. The zero-order valence-corrected chi connectivity index (χ0v) is 33.1. The molecule has 0 aromatic carbocycles. The molecule has 53 heavy (non-hydrogen) atoms. The minimum Gasteiger partial charge on any atom is -0.477 e. The third-order valence-corrected chi connectivity index (χ3v) is 12.1. The summed E-state index contributed by atoms with van der Waals surface area (Å²) in [6.07, 6.45) is 11.1. The number of hydrazine groups is 1. The number of aromatic nitrogens is 4. The minimum absolute atomic E-state index is 0.0490. The summed E-state index contributed by atoms with van der Waals surface area (Å²) < 4.78 is 20.4. The van der Waals surface area contributed by atoms with Crippen LogP contribution in [0.5, 0.6) is 11.8 Å². The van der Waals surface area contributed by atoms with E-state index >= 15 is 0 Å². The van der Waals surface area contributed by atoms with Gasteiger partial charge in [0.25, 0.3) is 5.91 Å². The molecular weight excluding hydrogens is 716 g/mol. The van der Waals surface area contributed by atoms with Gasteiger partial charge in [-0.15, -0.1) is 9.51 Å². The van der Waals surface area contributed by atoms with Crippen LogP contribution in [0.15, 0.2) is 42.6 Å². The number of ether oxygens (including phenoxy) is 2. The molecule has 7 rings (SSSR count). The van der Waals surface area contributed by atoms with Gasteiger partial charge in [0, 0.05) is 44.0 Å². The summed E-state index contributed by atoms with van der Waals surface area (Å²) in [7, 11) is 1.65. The van der Waals surface area contributed by atoms with E-state index in [1.165, 1.54) is 30.1 Å². The molecule has 0 radical (unpaired) electrons. The van der Waals surface area contributed by atoms with Crippen molar-refractivity contribution in [2.75, 3.05) is 32.1 Å². The van der Waals surface area contributed by atoms with Crippen molar-refractivity contribution in [2.45, 2.75) is 97.1 Å². The number of nitrogens with zero attached hydrogens (tertiary/aromatic N) is 6. The number of halogens is 1. The van der Waals surface area contributed by atoms with Gasteiger partial charge in [0.05, 0.1) is 12.2 Å². The van der Waals surface area contributed by atoms with Gasteiger partial charge in [-0.3, -0.25) is 10.2 Å². The van der Waals surface area contributed by atoms with Crippen LogP contribution in [0.4, 0.5) is 10.6 Å². The molecule has 3 aliphatic carbocycles.